The highest BCUT2D eigenvalue weighted by molar-refractivity contribution is 5.97. The van der Waals surface area contributed by atoms with E-state index in [2.05, 4.69) is 34.3 Å². The zero-order valence-electron chi connectivity index (χ0n) is 19.7. The number of allylic oxidation sites excluding steroid dienone is 1. The Labute approximate surface area is 195 Å². The summed E-state index contributed by atoms with van der Waals surface area (Å²) in [5.74, 6) is 1.03. The van der Waals surface area contributed by atoms with E-state index < -0.39 is 0 Å². The number of hydrogen-bond acceptors (Lipinski definition) is 6. The van der Waals surface area contributed by atoms with E-state index in [1.54, 1.807) is 7.11 Å². The maximum absolute atomic E-state index is 13.4. The van der Waals surface area contributed by atoms with E-state index in [9.17, 15) is 4.79 Å². The van der Waals surface area contributed by atoms with Gasteiger partial charge in [0.05, 0.1) is 19.2 Å². The maximum Gasteiger partial charge on any atom is 0.251 e. The second-order valence-corrected chi connectivity index (χ2v) is 8.35. The fraction of sp³-hybridized carbons (Fsp3) is 0.462. The van der Waals surface area contributed by atoms with Crippen molar-refractivity contribution in [3.05, 3.63) is 58.8 Å². The van der Waals surface area contributed by atoms with Gasteiger partial charge in [-0.05, 0) is 50.8 Å². The van der Waals surface area contributed by atoms with E-state index in [1.165, 1.54) is 0 Å². The Balaban J connectivity index is 1.70. The van der Waals surface area contributed by atoms with Crippen molar-refractivity contribution in [1.82, 2.24) is 10.3 Å². The average molecular weight is 452 g/mol. The van der Waals surface area contributed by atoms with Crippen LogP contribution in [0.3, 0.4) is 0 Å². The van der Waals surface area contributed by atoms with Crippen molar-refractivity contribution in [1.29, 1.82) is 0 Å². The van der Waals surface area contributed by atoms with Crippen LogP contribution >= 0.6 is 0 Å². The zero-order valence-corrected chi connectivity index (χ0v) is 19.7. The number of methoxy groups -OCH3 is 1. The van der Waals surface area contributed by atoms with Crippen LogP contribution in [0.2, 0.25) is 0 Å². The van der Waals surface area contributed by atoms with Crippen LogP contribution in [-0.4, -0.2) is 50.4 Å². The molecule has 0 saturated carbocycles. The van der Waals surface area contributed by atoms with Crippen molar-refractivity contribution in [2.75, 3.05) is 38.4 Å². The molecule has 1 aromatic carbocycles. The number of aryl methyl sites for hydroxylation is 1. The summed E-state index contributed by atoms with van der Waals surface area (Å²) < 4.78 is 17.1. The molecule has 0 atom stereocenters. The molecule has 1 aromatic heterocycles. The Morgan fingerprint density at radius 2 is 2.03 bits per heavy atom. The van der Waals surface area contributed by atoms with Crippen molar-refractivity contribution < 1.29 is 19.0 Å². The van der Waals surface area contributed by atoms with Gasteiger partial charge in [-0.25, -0.2) is 4.98 Å². The van der Waals surface area contributed by atoms with Gasteiger partial charge in [0.25, 0.3) is 5.91 Å². The molecular formula is C26H33N3O4. The van der Waals surface area contributed by atoms with Gasteiger partial charge in [-0.3, -0.25) is 4.79 Å². The number of ether oxygens (including phenoxy) is 3. The van der Waals surface area contributed by atoms with E-state index in [1.807, 2.05) is 31.2 Å². The molecule has 0 unspecified atom stereocenters. The molecule has 176 valence electrons. The summed E-state index contributed by atoms with van der Waals surface area (Å²) >= 11 is 0. The van der Waals surface area contributed by atoms with Gasteiger partial charge in [-0.15, -0.1) is 0 Å². The number of carbonyl (C=O) groups is 1. The van der Waals surface area contributed by atoms with Gasteiger partial charge in [0.1, 0.15) is 12.4 Å². The number of fused-ring (bicyclic) bond motifs is 2. The molecule has 7 heteroatoms. The molecule has 1 N–H and O–H groups in total. The molecule has 4 rings (SSSR count). The summed E-state index contributed by atoms with van der Waals surface area (Å²) in [7, 11) is 1.58. The number of aromatic nitrogens is 1. The van der Waals surface area contributed by atoms with Crippen LogP contribution in [0.4, 0.5) is 5.69 Å². The molecule has 2 aliphatic rings. The molecule has 0 radical (unpaired) electrons. The summed E-state index contributed by atoms with van der Waals surface area (Å²) in [5.41, 5.74) is 4.39. The van der Waals surface area contributed by atoms with E-state index in [-0.39, 0.29) is 12.5 Å². The monoisotopic (exact) mass is 451 g/mol. The summed E-state index contributed by atoms with van der Waals surface area (Å²) in [6.07, 6.45) is 6.75. The van der Waals surface area contributed by atoms with Crippen molar-refractivity contribution in [2.45, 2.75) is 45.7 Å². The zero-order chi connectivity index (χ0) is 23.2. The minimum Gasteiger partial charge on any atom is -0.489 e. The minimum absolute atomic E-state index is 0.113. The topological polar surface area (TPSA) is 72.9 Å². The first-order chi connectivity index (χ1) is 16.1. The predicted octanol–water partition coefficient (Wildman–Crippen LogP) is 3.83. The molecule has 2 aliphatic heterocycles. The first-order valence-electron chi connectivity index (χ1n) is 11.7. The highest BCUT2D eigenvalue weighted by Gasteiger charge is 2.25. The van der Waals surface area contributed by atoms with Crippen molar-refractivity contribution >= 4 is 11.6 Å². The van der Waals surface area contributed by atoms with Crippen LogP contribution in [-0.2, 0) is 17.7 Å². The maximum atomic E-state index is 13.4. The van der Waals surface area contributed by atoms with Crippen LogP contribution in [0.5, 0.6) is 11.6 Å². The molecule has 0 spiro atoms. The summed E-state index contributed by atoms with van der Waals surface area (Å²) in [6, 6.07) is 8.31. The third-order valence-corrected chi connectivity index (χ3v) is 6.29. The lowest BCUT2D eigenvalue weighted by atomic mass is 9.97. The Morgan fingerprint density at radius 1 is 1.21 bits per heavy atom. The summed E-state index contributed by atoms with van der Waals surface area (Å²) in [5, 5.41) is 3.07. The first kappa shape index (κ1) is 23.1. The fourth-order valence-corrected chi connectivity index (χ4v) is 4.67. The van der Waals surface area contributed by atoms with Gasteiger partial charge in [0.2, 0.25) is 5.88 Å². The minimum atomic E-state index is -0.113. The quantitative estimate of drug-likeness (QED) is 0.713. The smallest absolute Gasteiger partial charge is 0.251 e. The van der Waals surface area contributed by atoms with Gasteiger partial charge in [-0.1, -0.05) is 18.2 Å². The standard InChI is InChI=1S/C26H33N3O4/c1-4-29(19-11-14-32-15-12-19)23-10-7-9-21-20(23)8-5-6-13-33-24-16-18(2)28-26(31-3)22(24)17-27-25(21)30/h5-7,9-10,16,19H,4,8,11-15,17H2,1-3H3,(H,27,30). The molecule has 1 fully saturated rings. The number of nitrogens with zero attached hydrogens (tertiary/aromatic N) is 2. The Morgan fingerprint density at radius 3 is 2.79 bits per heavy atom. The highest BCUT2D eigenvalue weighted by atomic mass is 16.5. The molecular weight excluding hydrogens is 418 g/mol. The number of nitrogens with one attached hydrogen (secondary N) is 1. The van der Waals surface area contributed by atoms with Crippen LogP contribution in [0.15, 0.2) is 36.4 Å². The van der Waals surface area contributed by atoms with Crippen LogP contribution in [0.25, 0.3) is 0 Å². The third kappa shape index (κ3) is 5.14. The van der Waals surface area contributed by atoms with E-state index in [4.69, 9.17) is 14.2 Å². The second kappa shape index (κ2) is 10.7. The van der Waals surface area contributed by atoms with Gasteiger partial charge < -0.3 is 24.4 Å². The molecule has 1 saturated heterocycles. The number of benzene rings is 1. The third-order valence-electron chi connectivity index (χ3n) is 6.29. The molecule has 7 nitrogen and oxygen atoms in total. The van der Waals surface area contributed by atoms with Crippen LogP contribution < -0.4 is 19.7 Å². The molecule has 2 aromatic rings. The molecule has 0 bridgehead atoms. The SMILES string of the molecule is CCN(c1cccc2c1CC=CCOc1cc(C)nc(OC)c1CNC2=O)C1CCOCC1. The lowest BCUT2D eigenvalue weighted by Crippen LogP contribution is -2.40. The average Bonchev–Trinajstić information content (AvgIpc) is 2.83. The Kier molecular flexibility index (Phi) is 7.50. The van der Waals surface area contributed by atoms with Gasteiger partial charge >= 0.3 is 0 Å². The fourth-order valence-electron chi connectivity index (χ4n) is 4.67. The normalized spacial score (nSPS) is 17.0. The van der Waals surface area contributed by atoms with Gasteiger partial charge in [0.15, 0.2) is 0 Å². The van der Waals surface area contributed by atoms with Gasteiger partial charge in [-0.2, -0.15) is 0 Å². The number of amides is 1. The van der Waals surface area contributed by atoms with Crippen molar-refractivity contribution in [2.24, 2.45) is 0 Å². The largest absolute Gasteiger partial charge is 0.489 e. The van der Waals surface area contributed by atoms with E-state index in [0.29, 0.717) is 36.3 Å². The van der Waals surface area contributed by atoms with E-state index in [0.717, 1.165) is 55.1 Å². The molecule has 1 amide bonds. The highest BCUT2D eigenvalue weighted by Crippen LogP contribution is 2.31. The number of hydrogen-bond donors (Lipinski definition) is 1. The number of rotatable bonds is 4. The summed E-state index contributed by atoms with van der Waals surface area (Å²) in [4.78, 5) is 20.2. The van der Waals surface area contributed by atoms with Gasteiger partial charge in [0, 0.05) is 48.8 Å². The number of anilines is 1. The lowest BCUT2D eigenvalue weighted by molar-refractivity contribution is 0.0845. The Hall–Kier alpha value is -3.06. The Bertz CT molecular complexity index is 1010. The lowest BCUT2D eigenvalue weighted by Gasteiger charge is -2.37. The number of carbonyl (C=O) groups excluding carboxylic acids is 1. The van der Waals surface area contributed by atoms with Crippen molar-refractivity contribution in [3.8, 4) is 11.6 Å². The molecule has 0 aliphatic carbocycles. The molecule has 33 heavy (non-hydrogen) atoms. The predicted molar refractivity (Wildman–Crippen MR) is 128 cm³/mol. The van der Waals surface area contributed by atoms with Crippen LogP contribution in [0, 0.1) is 6.92 Å². The summed E-state index contributed by atoms with van der Waals surface area (Å²) in [6.45, 7) is 7.22. The first-order valence-corrected chi connectivity index (χ1v) is 11.7. The number of pyridine rings is 1. The second-order valence-electron chi connectivity index (χ2n) is 8.35. The van der Waals surface area contributed by atoms with Crippen molar-refractivity contribution in [3.63, 3.8) is 0 Å². The van der Waals surface area contributed by atoms with Crippen LogP contribution in [0.1, 0.15) is 46.9 Å². The van der Waals surface area contributed by atoms with E-state index >= 15 is 0 Å². The molecule has 3 heterocycles.